The first kappa shape index (κ1) is 22.7. The SMILES string of the molecule is CC(=O)CCC(=O)N1CCCN(C(=O)c2ccc3c(c2)C(=O)N(CC(C)C)C3=O)CC1. The topological polar surface area (TPSA) is 95.1 Å². The molecule has 0 bridgehead atoms. The number of Topliss-reactive ketones (excluding diaryl/α,β-unsaturated/α-hetero) is 1. The fraction of sp³-hybridized carbons (Fsp3) is 0.522. The van der Waals surface area contributed by atoms with Crippen molar-refractivity contribution < 1.29 is 24.0 Å². The van der Waals surface area contributed by atoms with E-state index < -0.39 is 0 Å². The van der Waals surface area contributed by atoms with Gasteiger partial charge in [-0.25, -0.2) is 0 Å². The third-order valence-electron chi connectivity index (χ3n) is 5.59. The number of hydrogen-bond donors (Lipinski definition) is 0. The van der Waals surface area contributed by atoms with E-state index in [9.17, 15) is 24.0 Å². The highest BCUT2D eigenvalue weighted by atomic mass is 16.2. The first-order valence-electron chi connectivity index (χ1n) is 10.8. The summed E-state index contributed by atoms with van der Waals surface area (Å²) in [4.78, 5) is 66.3. The summed E-state index contributed by atoms with van der Waals surface area (Å²) in [6, 6.07) is 4.66. The van der Waals surface area contributed by atoms with Gasteiger partial charge in [-0.05, 0) is 37.5 Å². The van der Waals surface area contributed by atoms with Crippen LogP contribution in [0.2, 0.25) is 0 Å². The summed E-state index contributed by atoms with van der Waals surface area (Å²) >= 11 is 0. The number of ketones is 1. The van der Waals surface area contributed by atoms with Gasteiger partial charge in [-0.2, -0.15) is 0 Å². The van der Waals surface area contributed by atoms with Gasteiger partial charge in [-0.3, -0.25) is 24.1 Å². The van der Waals surface area contributed by atoms with Gasteiger partial charge < -0.3 is 14.6 Å². The van der Waals surface area contributed by atoms with Gasteiger partial charge in [0.15, 0.2) is 0 Å². The Morgan fingerprint density at radius 3 is 2.23 bits per heavy atom. The lowest BCUT2D eigenvalue weighted by molar-refractivity contribution is -0.132. The minimum Gasteiger partial charge on any atom is -0.341 e. The molecule has 8 heteroatoms. The number of hydrogen-bond acceptors (Lipinski definition) is 5. The molecule has 0 unspecified atom stereocenters. The van der Waals surface area contributed by atoms with E-state index in [0.29, 0.717) is 50.3 Å². The Balaban J connectivity index is 1.68. The van der Waals surface area contributed by atoms with Crippen molar-refractivity contribution in [2.24, 2.45) is 5.92 Å². The molecule has 0 N–H and O–H groups in total. The fourth-order valence-electron chi connectivity index (χ4n) is 3.95. The highest BCUT2D eigenvalue weighted by molar-refractivity contribution is 6.22. The van der Waals surface area contributed by atoms with Crippen molar-refractivity contribution >= 4 is 29.4 Å². The van der Waals surface area contributed by atoms with Crippen molar-refractivity contribution in [2.75, 3.05) is 32.7 Å². The second-order valence-corrected chi connectivity index (χ2v) is 8.60. The largest absolute Gasteiger partial charge is 0.341 e. The Kier molecular flexibility index (Phi) is 6.87. The van der Waals surface area contributed by atoms with Crippen molar-refractivity contribution in [1.29, 1.82) is 0 Å². The molecule has 0 atom stereocenters. The molecule has 0 radical (unpaired) electrons. The van der Waals surface area contributed by atoms with Crippen molar-refractivity contribution in [3.63, 3.8) is 0 Å². The van der Waals surface area contributed by atoms with Gasteiger partial charge in [-0.15, -0.1) is 0 Å². The Labute approximate surface area is 182 Å². The summed E-state index contributed by atoms with van der Waals surface area (Å²) < 4.78 is 0. The third kappa shape index (κ3) is 5.00. The average Bonchev–Trinajstić information content (AvgIpc) is 2.91. The van der Waals surface area contributed by atoms with E-state index in [0.717, 1.165) is 0 Å². The Morgan fingerprint density at radius 1 is 0.903 bits per heavy atom. The highest BCUT2D eigenvalue weighted by Crippen LogP contribution is 2.25. The number of carbonyl (C=O) groups excluding carboxylic acids is 5. The minimum atomic E-state index is -0.360. The number of nitrogens with zero attached hydrogens (tertiary/aromatic N) is 3. The molecule has 4 amide bonds. The third-order valence-corrected chi connectivity index (χ3v) is 5.59. The van der Waals surface area contributed by atoms with Crippen LogP contribution in [0.3, 0.4) is 0 Å². The molecule has 1 aromatic rings. The Morgan fingerprint density at radius 2 is 1.55 bits per heavy atom. The van der Waals surface area contributed by atoms with Crippen LogP contribution in [0.1, 0.15) is 71.1 Å². The first-order valence-corrected chi connectivity index (χ1v) is 10.8. The lowest BCUT2D eigenvalue weighted by Gasteiger charge is -2.22. The molecular weight excluding hydrogens is 398 g/mol. The molecule has 31 heavy (non-hydrogen) atoms. The molecule has 8 nitrogen and oxygen atoms in total. The predicted octanol–water partition coefficient (Wildman–Crippen LogP) is 1.98. The van der Waals surface area contributed by atoms with Gasteiger partial charge >= 0.3 is 0 Å². The normalized spacial score (nSPS) is 16.6. The van der Waals surface area contributed by atoms with Crippen LogP contribution in [0.5, 0.6) is 0 Å². The molecule has 0 spiro atoms. The summed E-state index contributed by atoms with van der Waals surface area (Å²) in [6.07, 6.45) is 1.06. The van der Waals surface area contributed by atoms with Gasteiger partial charge in [0.25, 0.3) is 17.7 Å². The zero-order valence-electron chi connectivity index (χ0n) is 18.3. The number of amides is 4. The summed E-state index contributed by atoms with van der Waals surface area (Å²) in [5.74, 6) is -0.832. The van der Waals surface area contributed by atoms with Crippen LogP contribution in [0.25, 0.3) is 0 Å². The van der Waals surface area contributed by atoms with Crippen LogP contribution < -0.4 is 0 Å². The molecule has 0 aliphatic carbocycles. The molecular formula is C23H29N3O5. The maximum atomic E-state index is 13.1. The van der Waals surface area contributed by atoms with Crippen LogP contribution in [-0.4, -0.2) is 76.8 Å². The monoisotopic (exact) mass is 427 g/mol. The van der Waals surface area contributed by atoms with E-state index in [1.807, 2.05) is 13.8 Å². The van der Waals surface area contributed by atoms with Crippen molar-refractivity contribution in [3.8, 4) is 0 Å². The fourth-order valence-corrected chi connectivity index (χ4v) is 3.95. The lowest BCUT2D eigenvalue weighted by Crippen LogP contribution is -2.37. The number of imide groups is 1. The molecule has 1 saturated heterocycles. The molecule has 1 fully saturated rings. The van der Waals surface area contributed by atoms with Crippen molar-refractivity contribution in [1.82, 2.24) is 14.7 Å². The van der Waals surface area contributed by atoms with Crippen LogP contribution >= 0.6 is 0 Å². The lowest BCUT2D eigenvalue weighted by atomic mass is 10.0. The zero-order valence-corrected chi connectivity index (χ0v) is 18.3. The van der Waals surface area contributed by atoms with E-state index in [-0.39, 0.29) is 53.7 Å². The summed E-state index contributed by atoms with van der Waals surface area (Å²) in [5, 5.41) is 0. The molecule has 2 heterocycles. The second kappa shape index (κ2) is 9.41. The summed E-state index contributed by atoms with van der Waals surface area (Å²) in [6.45, 7) is 7.52. The zero-order chi connectivity index (χ0) is 22.7. The van der Waals surface area contributed by atoms with Gasteiger partial charge in [0.05, 0.1) is 11.1 Å². The van der Waals surface area contributed by atoms with E-state index in [1.54, 1.807) is 21.9 Å². The molecule has 0 aromatic heterocycles. The van der Waals surface area contributed by atoms with Crippen LogP contribution in [0, 0.1) is 5.92 Å². The maximum absolute atomic E-state index is 13.1. The molecule has 3 rings (SSSR count). The average molecular weight is 428 g/mol. The standard InChI is InChI=1S/C23H29N3O5/c1-15(2)14-26-22(30)18-7-6-17(13-19(18)23(26)31)21(29)25-10-4-9-24(11-12-25)20(28)8-5-16(3)27/h6-7,13,15H,4-5,8-12,14H2,1-3H3. The number of fused-ring (bicyclic) bond motifs is 1. The molecule has 2 aliphatic heterocycles. The second-order valence-electron chi connectivity index (χ2n) is 8.60. The van der Waals surface area contributed by atoms with Crippen molar-refractivity contribution in [2.45, 2.75) is 40.0 Å². The van der Waals surface area contributed by atoms with E-state index in [2.05, 4.69) is 0 Å². The van der Waals surface area contributed by atoms with Crippen LogP contribution in [-0.2, 0) is 9.59 Å². The van der Waals surface area contributed by atoms with E-state index in [4.69, 9.17) is 0 Å². The number of benzene rings is 1. The number of carbonyl (C=O) groups is 5. The molecule has 2 aliphatic rings. The smallest absolute Gasteiger partial charge is 0.261 e. The first-order chi connectivity index (χ1) is 14.7. The van der Waals surface area contributed by atoms with Gasteiger partial charge in [-0.1, -0.05) is 13.8 Å². The van der Waals surface area contributed by atoms with Gasteiger partial charge in [0.1, 0.15) is 5.78 Å². The molecule has 0 saturated carbocycles. The number of rotatable bonds is 6. The Hall–Kier alpha value is -3.03. The summed E-state index contributed by atoms with van der Waals surface area (Å²) in [5.41, 5.74) is 0.968. The maximum Gasteiger partial charge on any atom is 0.261 e. The van der Waals surface area contributed by atoms with E-state index >= 15 is 0 Å². The van der Waals surface area contributed by atoms with Crippen LogP contribution in [0.4, 0.5) is 0 Å². The summed E-state index contributed by atoms with van der Waals surface area (Å²) in [7, 11) is 0. The minimum absolute atomic E-state index is 0.0171. The van der Waals surface area contributed by atoms with Crippen molar-refractivity contribution in [3.05, 3.63) is 34.9 Å². The molecule has 1 aromatic carbocycles. The molecule has 166 valence electrons. The highest BCUT2D eigenvalue weighted by Gasteiger charge is 2.36. The predicted molar refractivity (Wildman–Crippen MR) is 114 cm³/mol. The van der Waals surface area contributed by atoms with Gasteiger partial charge in [0.2, 0.25) is 5.91 Å². The van der Waals surface area contributed by atoms with E-state index in [1.165, 1.54) is 17.9 Å². The van der Waals surface area contributed by atoms with Crippen LogP contribution in [0.15, 0.2) is 18.2 Å². The quantitative estimate of drug-likeness (QED) is 0.647. The van der Waals surface area contributed by atoms with Gasteiger partial charge in [0, 0.05) is 51.1 Å². The Bertz CT molecular complexity index is 924.